The zero-order valence-corrected chi connectivity index (χ0v) is 11.3. The number of benzene rings is 1. The third-order valence-corrected chi connectivity index (χ3v) is 3.36. The lowest BCUT2D eigenvalue weighted by atomic mass is 10.0. The predicted octanol–water partition coefficient (Wildman–Crippen LogP) is 0.295. The summed E-state index contributed by atoms with van der Waals surface area (Å²) in [5, 5.41) is 0. The Morgan fingerprint density at radius 1 is 1.26 bits per heavy atom. The summed E-state index contributed by atoms with van der Waals surface area (Å²) in [7, 11) is 1.64. The Kier molecular flexibility index (Phi) is 3.85. The molecular formula is C14H19N3O2. The van der Waals surface area contributed by atoms with Gasteiger partial charge in [-0.15, -0.1) is 0 Å². The fourth-order valence-corrected chi connectivity index (χ4v) is 2.17. The van der Waals surface area contributed by atoms with Crippen LogP contribution in [-0.4, -0.2) is 48.3 Å². The minimum Gasteiger partial charge on any atom is -0.335 e. The fourth-order valence-electron chi connectivity index (χ4n) is 2.17. The number of piperazine rings is 1. The molecule has 5 heteroatoms. The maximum Gasteiger partial charge on any atom is 0.242 e. The molecule has 5 nitrogen and oxygen atoms in total. The Morgan fingerprint density at radius 2 is 2.00 bits per heavy atom. The third-order valence-electron chi connectivity index (χ3n) is 3.36. The minimum absolute atomic E-state index is 0.0453. The second kappa shape index (κ2) is 5.40. The summed E-state index contributed by atoms with van der Waals surface area (Å²) >= 11 is 0. The molecule has 1 atom stereocenters. The van der Waals surface area contributed by atoms with Crippen molar-refractivity contribution < 1.29 is 9.59 Å². The van der Waals surface area contributed by atoms with Crippen LogP contribution in [-0.2, 0) is 9.59 Å². The number of rotatable bonds is 3. The summed E-state index contributed by atoms with van der Waals surface area (Å²) in [6, 6.07) is 7.63. The summed E-state index contributed by atoms with van der Waals surface area (Å²) < 4.78 is 0. The van der Waals surface area contributed by atoms with Crippen LogP contribution < -0.4 is 5.73 Å². The molecule has 0 radical (unpaired) electrons. The normalized spacial score (nSPS) is 17.8. The van der Waals surface area contributed by atoms with Crippen molar-refractivity contribution in [3.8, 4) is 0 Å². The van der Waals surface area contributed by atoms with Crippen LogP contribution in [0.15, 0.2) is 24.3 Å². The molecule has 1 aliphatic rings. The first-order valence-electron chi connectivity index (χ1n) is 6.31. The van der Waals surface area contributed by atoms with Crippen molar-refractivity contribution in [1.82, 2.24) is 9.80 Å². The number of hydrogen-bond acceptors (Lipinski definition) is 3. The van der Waals surface area contributed by atoms with Gasteiger partial charge in [-0.3, -0.25) is 9.59 Å². The van der Waals surface area contributed by atoms with Gasteiger partial charge in [-0.05, 0) is 12.5 Å². The molecule has 0 saturated carbocycles. The van der Waals surface area contributed by atoms with E-state index in [1.807, 2.05) is 31.2 Å². The molecule has 1 aliphatic heterocycles. The molecule has 2 rings (SSSR count). The standard InChI is InChI=1S/C14H19N3O2/c1-10-4-3-5-11(6-10)12(15)7-17-9-13(18)16(2)8-14(17)19/h3-6,12H,7-9,15H2,1-2H3. The third kappa shape index (κ3) is 3.12. The van der Waals surface area contributed by atoms with Crippen LogP contribution in [0, 0.1) is 6.92 Å². The lowest BCUT2D eigenvalue weighted by Gasteiger charge is -2.33. The van der Waals surface area contributed by atoms with Crippen molar-refractivity contribution in [3.63, 3.8) is 0 Å². The molecule has 2 amide bonds. The predicted molar refractivity (Wildman–Crippen MR) is 72.3 cm³/mol. The summed E-state index contributed by atoms with van der Waals surface area (Å²) in [5.41, 5.74) is 8.24. The van der Waals surface area contributed by atoms with Crippen LogP contribution in [0.5, 0.6) is 0 Å². The molecule has 102 valence electrons. The highest BCUT2D eigenvalue weighted by Gasteiger charge is 2.28. The lowest BCUT2D eigenvalue weighted by molar-refractivity contribution is -0.148. The van der Waals surface area contributed by atoms with E-state index in [1.54, 1.807) is 7.05 Å². The number of nitrogens with zero attached hydrogens (tertiary/aromatic N) is 2. The first kappa shape index (κ1) is 13.5. The summed E-state index contributed by atoms with van der Waals surface area (Å²) in [4.78, 5) is 26.5. The van der Waals surface area contributed by atoms with Crippen molar-refractivity contribution in [3.05, 3.63) is 35.4 Å². The number of hydrogen-bond donors (Lipinski definition) is 1. The van der Waals surface area contributed by atoms with E-state index in [0.29, 0.717) is 6.54 Å². The SMILES string of the molecule is Cc1cccc(C(N)CN2CC(=O)N(C)CC2=O)c1. The Balaban J connectivity index is 2.04. The molecular weight excluding hydrogens is 242 g/mol. The van der Waals surface area contributed by atoms with E-state index in [4.69, 9.17) is 5.73 Å². The average Bonchev–Trinajstić information content (AvgIpc) is 2.36. The molecule has 0 spiro atoms. The summed E-state index contributed by atoms with van der Waals surface area (Å²) in [6.45, 7) is 2.64. The Hall–Kier alpha value is -1.88. The first-order valence-corrected chi connectivity index (χ1v) is 6.31. The number of amides is 2. The Labute approximate surface area is 113 Å². The molecule has 0 aromatic heterocycles. The molecule has 1 fully saturated rings. The smallest absolute Gasteiger partial charge is 0.242 e. The number of likely N-dealkylation sites (N-methyl/N-ethyl adjacent to an activating group) is 1. The van der Waals surface area contributed by atoms with Crippen LogP contribution in [0.4, 0.5) is 0 Å². The van der Waals surface area contributed by atoms with Gasteiger partial charge in [-0.2, -0.15) is 0 Å². The van der Waals surface area contributed by atoms with E-state index < -0.39 is 0 Å². The Morgan fingerprint density at radius 3 is 2.68 bits per heavy atom. The molecule has 19 heavy (non-hydrogen) atoms. The highest BCUT2D eigenvalue weighted by molar-refractivity contribution is 5.92. The van der Waals surface area contributed by atoms with E-state index in [1.165, 1.54) is 9.80 Å². The molecule has 0 bridgehead atoms. The number of carbonyl (C=O) groups excluding carboxylic acids is 2. The molecule has 1 unspecified atom stereocenters. The quantitative estimate of drug-likeness (QED) is 0.850. The van der Waals surface area contributed by atoms with Crippen LogP contribution in [0.1, 0.15) is 17.2 Å². The molecule has 1 aromatic carbocycles. The van der Waals surface area contributed by atoms with Gasteiger partial charge in [0, 0.05) is 19.6 Å². The molecule has 0 aliphatic carbocycles. The zero-order chi connectivity index (χ0) is 14.0. The molecule has 1 heterocycles. The number of carbonyl (C=O) groups is 2. The first-order chi connectivity index (χ1) is 8.97. The van der Waals surface area contributed by atoms with Crippen LogP contribution >= 0.6 is 0 Å². The van der Waals surface area contributed by atoms with Crippen LogP contribution in [0.2, 0.25) is 0 Å². The second-order valence-electron chi connectivity index (χ2n) is 5.04. The van der Waals surface area contributed by atoms with Gasteiger partial charge < -0.3 is 15.5 Å². The minimum atomic E-state index is -0.264. The maximum absolute atomic E-state index is 11.9. The van der Waals surface area contributed by atoms with Gasteiger partial charge in [-0.25, -0.2) is 0 Å². The highest BCUT2D eigenvalue weighted by Crippen LogP contribution is 2.15. The van der Waals surface area contributed by atoms with Gasteiger partial charge in [0.1, 0.15) is 0 Å². The largest absolute Gasteiger partial charge is 0.335 e. The average molecular weight is 261 g/mol. The van der Waals surface area contributed by atoms with E-state index in [-0.39, 0.29) is 30.9 Å². The monoisotopic (exact) mass is 261 g/mol. The topological polar surface area (TPSA) is 66.6 Å². The molecule has 2 N–H and O–H groups in total. The van der Waals surface area contributed by atoms with Crippen molar-refractivity contribution >= 4 is 11.8 Å². The van der Waals surface area contributed by atoms with Gasteiger partial charge in [0.2, 0.25) is 11.8 Å². The second-order valence-corrected chi connectivity index (χ2v) is 5.04. The lowest BCUT2D eigenvalue weighted by Crippen LogP contribution is -2.53. The molecule has 1 aromatic rings. The highest BCUT2D eigenvalue weighted by atomic mass is 16.2. The van der Waals surface area contributed by atoms with Crippen molar-refractivity contribution in [2.45, 2.75) is 13.0 Å². The van der Waals surface area contributed by atoms with Crippen LogP contribution in [0.3, 0.4) is 0 Å². The Bertz CT molecular complexity index is 501. The van der Waals surface area contributed by atoms with Gasteiger partial charge >= 0.3 is 0 Å². The maximum atomic E-state index is 11.9. The van der Waals surface area contributed by atoms with E-state index >= 15 is 0 Å². The van der Waals surface area contributed by atoms with Gasteiger partial charge in [0.15, 0.2) is 0 Å². The summed E-state index contributed by atoms with van der Waals surface area (Å²) in [6.07, 6.45) is 0. The van der Waals surface area contributed by atoms with E-state index in [2.05, 4.69) is 0 Å². The zero-order valence-electron chi connectivity index (χ0n) is 11.3. The molecule has 1 saturated heterocycles. The van der Waals surface area contributed by atoms with Crippen molar-refractivity contribution in [2.24, 2.45) is 5.73 Å². The van der Waals surface area contributed by atoms with Crippen LogP contribution in [0.25, 0.3) is 0 Å². The van der Waals surface area contributed by atoms with Crippen molar-refractivity contribution in [1.29, 1.82) is 0 Å². The number of aryl methyl sites for hydroxylation is 1. The van der Waals surface area contributed by atoms with E-state index in [0.717, 1.165) is 11.1 Å². The van der Waals surface area contributed by atoms with Crippen molar-refractivity contribution in [2.75, 3.05) is 26.7 Å². The van der Waals surface area contributed by atoms with Gasteiger partial charge in [0.25, 0.3) is 0 Å². The number of nitrogens with two attached hydrogens (primary N) is 1. The van der Waals surface area contributed by atoms with E-state index in [9.17, 15) is 9.59 Å². The summed E-state index contributed by atoms with van der Waals surface area (Å²) in [5.74, 6) is -0.0961. The van der Waals surface area contributed by atoms with Gasteiger partial charge in [0.05, 0.1) is 13.1 Å². The van der Waals surface area contributed by atoms with Gasteiger partial charge in [-0.1, -0.05) is 29.8 Å². The fraction of sp³-hybridized carbons (Fsp3) is 0.429.